The second-order valence-corrected chi connectivity index (χ2v) is 7.56. The topological polar surface area (TPSA) is 95.3 Å². The zero-order chi connectivity index (χ0) is 19.9. The Hall–Kier alpha value is -2.92. The first-order chi connectivity index (χ1) is 13.5. The molecule has 3 rings (SSSR count). The van der Waals surface area contributed by atoms with Crippen LogP contribution >= 0.6 is 11.3 Å². The Morgan fingerprint density at radius 2 is 2.04 bits per heavy atom. The minimum absolute atomic E-state index is 0.0323. The van der Waals surface area contributed by atoms with Crippen LogP contribution in [0.15, 0.2) is 29.6 Å². The molecule has 0 spiro atoms. The quantitative estimate of drug-likeness (QED) is 0.807. The van der Waals surface area contributed by atoms with E-state index in [0.29, 0.717) is 43.2 Å². The van der Waals surface area contributed by atoms with E-state index in [4.69, 9.17) is 10.00 Å². The van der Waals surface area contributed by atoms with Gasteiger partial charge in [0.1, 0.15) is 5.75 Å². The van der Waals surface area contributed by atoms with Crippen molar-refractivity contribution in [2.24, 2.45) is 5.92 Å². The summed E-state index contributed by atoms with van der Waals surface area (Å²) >= 11 is 1.42. The van der Waals surface area contributed by atoms with E-state index in [1.807, 2.05) is 24.4 Å². The number of nitrogens with one attached hydrogen (secondary N) is 1. The molecule has 1 saturated heterocycles. The highest BCUT2D eigenvalue weighted by molar-refractivity contribution is 7.13. The summed E-state index contributed by atoms with van der Waals surface area (Å²) in [6, 6.07) is 9.24. The molecule has 0 saturated carbocycles. The molecule has 0 unspecified atom stereocenters. The molecule has 2 aromatic rings. The van der Waals surface area contributed by atoms with Crippen LogP contribution in [0.2, 0.25) is 0 Å². The summed E-state index contributed by atoms with van der Waals surface area (Å²) in [5.74, 6) is 0.371. The number of piperidine rings is 1. The van der Waals surface area contributed by atoms with Crippen molar-refractivity contribution in [2.75, 3.05) is 25.0 Å². The number of hydrogen-bond acceptors (Lipinski definition) is 6. The van der Waals surface area contributed by atoms with Crippen molar-refractivity contribution < 1.29 is 14.3 Å². The predicted molar refractivity (Wildman–Crippen MR) is 106 cm³/mol. The number of carbonyl (C=O) groups excluding carboxylic acids is 2. The second-order valence-electron chi connectivity index (χ2n) is 6.71. The van der Waals surface area contributed by atoms with Gasteiger partial charge in [-0.2, -0.15) is 5.26 Å². The lowest BCUT2D eigenvalue weighted by atomic mass is 9.96. The highest BCUT2D eigenvalue weighted by atomic mass is 32.1. The minimum atomic E-state index is -0.109. The molecule has 0 bridgehead atoms. The van der Waals surface area contributed by atoms with Gasteiger partial charge < -0.3 is 15.0 Å². The van der Waals surface area contributed by atoms with E-state index < -0.39 is 0 Å². The number of anilines is 1. The van der Waals surface area contributed by atoms with E-state index in [-0.39, 0.29) is 24.3 Å². The third-order valence-corrected chi connectivity index (χ3v) is 5.51. The van der Waals surface area contributed by atoms with Gasteiger partial charge in [0.15, 0.2) is 11.7 Å². The molecular formula is C20H22N4O3S. The van der Waals surface area contributed by atoms with Crippen LogP contribution in [0.25, 0.3) is 0 Å². The third-order valence-electron chi connectivity index (χ3n) is 4.64. The minimum Gasteiger partial charge on any atom is -0.484 e. The Bertz CT molecular complexity index is 864. The van der Waals surface area contributed by atoms with Crippen LogP contribution in [-0.4, -0.2) is 41.4 Å². The van der Waals surface area contributed by atoms with E-state index in [2.05, 4.69) is 16.4 Å². The standard InChI is InChI=1S/C20H22N4O3S/c1-14-13-28-20(22-14)23-19(26)16-7-10-24(11-8-16)18(25)12-27-17-4-2-15(3-5-17)6-9-21/h2-5,13,16H,6-8,10-12H2,1H3,(H,22,23,26). The molecule has 1 aliphatic rings. The molecule has 1 aromatic carbocycles. The number of rotatable bonds is 6. The Morgan fingerprint density at radius 1 is 1.32 bits per heavy atom. The predicted octanol–water partition coefficient (Wildman–Crippen LogP) is 2.77. The van der Waals surface area contributed by atoms with Gasteiger partial charge >= 0.3 is 0 Å². The van der Waals surface area contributed by atoms with E-state index in [9.17, 15) is 9.59 Å². The largest absolute Gasteiger partial charge is 0.484 e. The average Bonchev–Trinajstić information content (AvgIpc) is 3.12. The first-order valence-corrected chi connectivity index (χ1v) is 10.0. The van der Waals surface area contributed by atoms with Crippen molar-refractivity contribution >= 4 is 28.3 Å². The maximum atomic E-state index is 12.4. The lowest BCUT2D eigenvalue weighted by Crippen LogP contribution is -2.43. The molecule has 146 valence electrons. The SMILES string of the molecule is Cc1csc(NC(=O)C2CCN(C(=O)COc3ccc(CC#N)cc3)CC2)n1. The number of amides is 2. The Balaban J connectivity index is 1.42. The third kappa shape index (κ3) is 5.30. The van der Waals surface area contributed by atoms with Crippen LogP contribution in [0.3, 0.4) is 0 Å². The summed E-state index contributed by atoms with van der Waals surface area (Å²) in [6.45, 7) is 2.93. The fourth-order valence-corrected chi connectivity index (χ4v) is 3.73. The fraction of sp³-hybridized carbons (Fsp3) is 0.400. The molecule has 0 aliphatic carbocycles. The second kappa shape index (κ2) is 9.33. The Labute approximate surface area is 167 Å². The fourth-order valence-electron chi connectivity index (χ4n) is 3.04. The molecule has 2 heterocycles. The van der Waals surface area contributed by atoms with Crippen LogP contribution in [0, 0.1) is 24.2 Å². The van der Waals surface area contributed by atoms with Crippen LogP contribution in [-0.2, 0) is 16.0 Å². The molecular weight excluding hydrogens is 376 g/mol. The molecule has 1 N–H and O–H groups in total. The first kappa shape index (κ1) is 19.8. The number of hydrogen-bond donors (Lipinski definition) is 1. The summed E-state index contributed by atoms with van der Waals surface area (Å²) in [5.41, 5.74) is 1.80. The number of thiazole rings is 1. The van der Waals surface area contributed by atoms with Crippen LogP contribution in [0.1, 0.15) is 24.1 Å². The van der Waals surface area contributed by atoms with Gasteiger partial charge in [-0.05, 0) is 37.5 Å². The molecule has 28 heavy (non-hydrogen) atoms. The number of aryl methyl sites for hydroxylation is 1. The highest BCUT2D eigenvalue weighted by Gasteiger charge is 2.27. The van der Waals surface area contributed by atoms with E-state index in [1.54, 1.807) is 17.0 Å². The van der Waals surface area contributed by atoms with Gasteiger partial charge in [0, 0.05) is 24.4 Å². The summed E-state index contributed by atoms with van der Waals surface area (Å²) < 4.78 is 5.55. The molecule has 8 heteroatoms. The van der Waals surface area contributed by atoms with Gasteiger partial charge in [0.2, 0.25) is 5.91 Å². The van der Waals surface area contributed by atoms with Crippen molar-refractivity contribution in [3.05, 3.63) is 40.9 Å². The molecule has 7 nitrogen and oxygen atoms in total. The molecule has 1 aromatic heterocycles. The molecule has 1 aliphatic heterocycles. The van der Waals surface area contributed by atoms with E-state index in [0.717, 1.165) is 11.3 Å². The number of carbonyl (C=O) groups is 2. The van der Waals surface area contributed by atoms with Gasteiger partial charge in [0.05, 0.1) is 18.2 Å². The number of benzene rings is 1. The summed E-state index contributed by atoms with van der Waals surface area (Å²) in [6.07, 6.45) is 1.61. The Kier molecular flexibility index (Phi) is 6.61. The van der Waals surface area contributed by atoms with Crippen molar-refractivity contribution in [1.82, 2.24) is 9.88 Å². The van der Waals surface area contributed by atoms with Gasteiger partial charge in [0.25, 0.3) is 5.91 Å². The summed E-state index contributed by atoms with van der Waals surface area (Å²) in [4.78, 5) is 30.7. The van der Waals surface area contributed by atoms with E-state index in [1.165, 1.54) is 11.3 Å². The maximum Gasteiger partial charge on any atom is 0.260 e. The van der Waals surface area contributed by atoms with Gasteiger partial charge in [-0.15, -0.1) is 11.3 Å². The number of likely N-dealkylation sites (tertiary alicyclic amines) is 1. The first-order valence-electron chi connectivity index (χ1n) is 9.14. The molecule has 1 fully saturated rings. The molecule has 0 radical (unpaired) electrons. The van der Waals surface area contributed by atoms with Crippen molar-refractivity contribution in [3.63, 3.8) is 0 Å². The Morgan fingerprint density at radius 3 is 2.64 bits per heavy atom. The number of nitriles is 1. The average molecular weight is 398 g/mol. The smallest absolute Gasteiger partial charge is 0.260 e. The van der Waals surface area contributed by atoms with Crippen molar-refractivity contribution in [2.45, 2.75) is 26.2 Å². The number of aromatic nitrogens is 1. The monoisotopic (exact) mass is 398 g/mol. The lowest BCUT2D eigenvalue weighted by molar-refractivity contribution is -0.136. The van der Waals surface area contributed by atoms with Crippen LogP contribution in [0.4, 0.5) is 5.13 Å². The number of ether oxygens (including phenoxy) is 1. The molecule has 0 atom stereocenters. The summed E-state index contributed by atoms with van der Waals surface area (Å²) in [7, 11) is 0. The normalized spacial score (nSPS) is 14.4. The van der Waals surface area contributed by atoms with Gasteiger partial charge in [-0.1, -0.05) is 12.1 Å². The highest BCUT2D eigenvalue weighted by Crippen LogP contribution is 2.21. The molecule has 2 amide bonds. The lowest BCUT2D eigenvalue weighted by Gasteiger charge is -2.31. The van der Waals surface area contributed by atoms with Gasteiger partial charge in [-0.25, -0.2) is 4.98 Å². The number of nitrogens with zero attached hydrogens (tertiary/aromatic N) is 3. The maximum absolute atomic E-state index is 12.4. The van der Waals surface area contributed by atoms with Crippen LogP contribution < -0.4 is 10.1 Å². The van der Waals surface area contributed by atoms with E-state index >= 15 is 0 Å². The van der Waals surface area contributed by atoms with Crippen molar-refractivity contribution in [1.29, 1.82) is 5.26 Å². The van der Waals surface area contributed by atoms with Crippen molar-refractivity contribution in [3.8, 4) is 11.8 Å². The zero-order valence-electron chi connectivity index (χ0n) is 15.7. The summed E-state index contributed by atoms with van der Waals surface area (Å²) in [5, 5.41) is 14.1. The van der Waals surface area contributed by atoms with Gasteiger partial charge in [-0.3, -0.25) is 9.59 Å². The zero-order valence-corrected chi connectivity index (χ0v) is 16.5. The van der Waals surface area contributed by atoms with Crippen LogP contribution in [0.5, 0.6) is 5.75 Å².